The van der Waals surface area contributed by atoms with Gasteiger partial charge in [0.15, 0.2) is 4.34 Å². The van der Waals surface area contributed by atoms with E-state index in [-0.39, 0.29) is 16.8 Å². The number of aromatic nitrogens is 1. The lowest BCUT2D eigenvalue weighted by molar-refractivity contribution is -0.117. The van der Waals surface area contributed by atoms with Gasteiger partial charge in [-0.25, -0.2) is 9.78 Å². The molecule has 1 aromatic carbocycles. The Morgan fingerprint density at radius 1 is 1.33 bits per heavy atom. The van der Waals surface area contributed by atoms with Crippen molar-refractivity contribution >= 4 is 40.7 Å². The SMILES string of the molecule is CCCCC[C@@H](O)c1ccc(N2C(=O)CCC2CCSc2ncc(C(=O)O)s2)cc1. The van der Waals surface area contributed by atoms with Gasteiger partial charge >= 0.3 is 5.97 Å². The Hall–Kier alpha value is -1.90. The van der Waals surface area contributed by atoms with E-state index in [9.17, 15) is 14.7 Å². The molecule has 1 aromatic heterocycles. The van der Waals surface area contributed by atoms with Crippen LogP contribution in [-0.4, -0.2) is 38.9 Å². The number of aromatic carboxylic acids is 1. The number of thiazole rings is 1. The molecule has 1 fully saturated rings. The van der Waals surface area contributed by atoms with E-state index in [2.05, 4.69) is 11.9 Å². The van der Waals surface area contributed by atoms with Crippen molar-refractivity contribution in [3.05, 3.63) is 40.9 Å². The third-order valence-electron chi connectivity index (χ3n) is 5.33. The van der Waals surface area contributed by atoms with E-state index in [0.29, 0.717) is 6.42 Å². The molecule has 2 atom stereocenters. The molecule has 0 spiro atoms. The van der Waals surface area contributed by atoms with Gasteiger partial charge in [0.2, 0.25) is 5.91 Å². The maximum atomic E-state index is 12.5. The van der Waals surface area contributed by atoms with Crippen LogP contribution in [0.4, 0.5) is 5.69 Å². The van der Waals surface area contributed by atoms with Crippen molar-refractivity contribution in [2.24, 2.45) is 0 Å². The second-order valence-electron chi connectivity index (χ2n) is 7.49. The highest BCUT2D eigenvalue weighted by atomic mass is 32.2. The van der Waals surface area contributed by atoms with Crippen molar-refractivity contribution in [2.75, 3.05) is 10.7 Å². The van der Waals surface area contributed by atoms with Gasteiger partial charge in [0.05, 0.1) is 12.3 Å². The molecule has 1 aliphatic rings. The van der Waals surface area contributed by atoms with E-state index in [1.165, 1.54) is 29.3 Å². The van der Waals surface area contributed by atoms with Crippen LogP contribution in [0.2, 0.25) is 0 Å². The van der Waals surface area contributed by atoms with Crippen LogP contribution in [0.3, 0.4) is 0 Å². The number of aliphatic hydroxyl groups excluding tert-OH is 1. The van der Waals surface area contributed by atoms with Crippen molar-refractivity contribution in [3.8, 4) is 0 Å². The Bertz CT molecular complexity index is 853. The van der Waals surface area contributed by atoms with E-state index < -0.39 is 12.1 Å². The molecule has 2 N–H and O–H groups in total. The summed E-state index contributed by atoms with van der Waals surface area (Å²) >= 11 is 2.71. The highest BCUT2D eigenvalue weighted by Gasteiger charge is 2.31. The first-order valence-electron chi connectivity index (χ1n) is 10.4. The fourth-order valence-corrected chi connectivity index (χ4v) is 5.62. The van der Waals surface area contributed by atoms with Gasteiger partial charge in [-0.2, -0.15) is 0 Å². The van der Waals surface area contributed by atoms with Crippen molar-refractivity contribution < 1.29 is 19.8 Å². The summed E-state index contributed by atoms with van der Waals surface area (Å²) in [5.74, 6) is -0.0515. The molecule has 162 valence electrons. The molecule has 8 heteroatoms. The van der Waals surface area contributed by atoms with Gasteiger partial charge < -0.3 is 15.1 Å². The summed E-state index contributed by atoms with van der Waals surface area (Å²) in [6.45, 7) is 2.15. The topological polar surface area (TPSA) is 90.7 Å². The summed E-state index contributed by atoms with van der Waals surface area (Å²) in [7, 11) is 0. The van der Waals surface area contributed by atoms with Gasteiger partial charge in [-0.1, -0.05) is 50.1 Å². The second kappa shape index (κ2) is 10.9. The lowest BCUT2D eigenvalue weighted by atomic mass is 10.0. The number of rotatable bonds is 11. The molecule has 1 saturated heterocycles. The van der Waals surface area contributed by atoms with Crippen LogP contribution in [0.25, 0.3) is 0 Å². The molecule has 0 aliphatic carbocycles. The molecule has 30 heavy (non-hydrogen) atoms. The van der Waals surface area contributed by atoms with E-state index >= 15 is 0 Å². The van der Waals surface area contributed by atoms with Crippen LogP contribution in [0.5, 0.6) is 0 Å². The minimum Gasteiger partial charge on any atom is -0.477 e. The number of carbonyl (C=O) groups is 2. The zero-order valence-electron chi connectivity index (χ0n) is 17.1. The van der Waals surface area contributed by atoms with Crippen molar-refractivity contribution in [1.82, 2.24) is 4.98 Å². The molecule has 2 heterocycles. The predicted molar refractivity (Wildman–Crippen MR) is 120 cm³/mol. The van der Waals surface area contributed by atoms with E-state index in [4.69, 9.17) is 5.11 Å². The average Bonchev–Trinajstić information content (AvgIpc) is 3.35. The average molecular weight is 449 g/mol. The van der Waals surface area contributed by atoms with Crippen LogP contribution in [0.1, 0.15) is 73.2 Å². The molecular weight excluding hydrogens is 420 g/mol. The number of carboxylic acids is 1. The molecule has 0 radical (unpaired) electrons. The Labute approximate surface area is 185 Å². The van der Waals surface area contributed by atoms with E-state index in [0.717, 1.165) is 59.9 Å². The maximum absolute atomic E-state index is 12.5. The van der Waals surface area contributed by atoms with Gasteiger partial charge in [0, 0.05) is 23.9 Å². The highest BCUT2D eigenvalue weighted by molar-refractivity contribution is 8.01. The molecule has 6 nitrogen and oxygen atoms in total. The summed E-state index contributed by atoms with van der Waals surface area (Å²) in [4.78, 5) is 29.7. The Morgan fingerprint density at radius 2 is 2.10 bits per heavy atom. The molecule has 1 aliphatic heterocycles. The van der Waals surface area contributed by atoms with E-state index in [1.54, 1.807) is 0 Å². The van der Waals surface area contributed by atoms with Crippen LogP contribution >= 0.6 is 23.1 Å². The molecule has 1 amide bonds. The number of aliphatic hydroxyl groups is 1. The summed E-state index contributed by atoms with van der Waals surface area (Å²) in [5, 5.41) is 19.3. The van der Waals surface area contributed by atoms with Gasteiger partial charge in [-0.15, -0.1) is 11.3 Å². The van der Waals surface area contributed by atoms with Gasteiger partial charge in [-0.05, 0) is 37.0 Å². The van der Waals surface area contributed by atoms with Gasteiger partial charge in [-0.3, -0.25) is 4.79 Å². The van der Waals surface area contributed by atoms with Crippen LogP contribution in [0.15, 0.2) is 34.8 Å². The third kappa shape index (κ3) is 5.83. The Balaban J connectivity index is 1.56. The number of carboxylic acid groups (broad SMARTS) is 1. The van der Waals surface area contributed by atoms with Crippen LogP contribution < -0.4 is 4.90 Å². The van der Waals surface area contributed by atoms with Gasteiger partial charge in [0.25, 0.3) is 0 Å². The quantitative estimate of drug-likeness (QED) is 0.366. The smallest absolute Gasteiger partial charge is 0.347 e. The normalized spacial score (nSPS) is 17.5. The maximum Gasteiger partial charge on any atom is 0.347 e. The summed E-state index contributed by atoms with van der Waals surface area (Å²) in [6.07, 6.45) is 7.13. The summed E-state index contributed by atoms with van der Waals surface area (Å²) in [6, 6.07) is 7.84. The Morgan fingerprint density at radius 3 is 2.77 bits per heavy atom. The lowest BCUT2D eigenvalue weighted by Crippen LogP contribution is -2.33. The molecule has 0 bridgehead atoms. The monoisotopic (exact) mass is 448 g/mol. The fourth-order valence-electron chi connectivity index (χ4n) is 3.69. The highest BCUT2D eigenvalue weighted by Crippen LogP contribution is 2.32. The first-order chi connectivity index (χ1) is 14.5. The molecule has 2 aromatic rings. The molecule has 1 unspecified atom stereocenters. The predicted octanol–water partition coefficient (Wildman–Crippen LogP) is 5.13. The first kappa shape index (κ1) is 22.8. The van der Waals surface area contributed by atoms with Crippen LogP contribution in [0, 0.1) is 0 Å². The lowest BCUT2D eigenvalue weighted by Gasteiger charge is -2.25. The Kier molecular flexibility index (Phi) is 8.30. The molecular formula is C22H28N2O4S2. The number of hydrogen-bond donors (Lipinski definition) is 2. The van der Waals surface area contributed by atoms with Crippen molar-refractivity contribution in [3.63, 3.8) is 0 Å². The second-order valence-corrected chi connectivity index (χ2v) is 9.86. The van der Waals surface area contributed by atoms with Crippen molar-refractivity contribution in [2.45, 2.75) is 68.4 Å². The number of amides is 1. The number of thioether (sulfide) groups is 1. The minimum atomic E-state index is -0.953. The number of carbonyl (C=O) groups excluding carboxylic acids is 1. The molecule has 3 rings (SSSR count). The number of unbranched alkanes of at least 4 members (excludes halogenated alkanes) is 2. The summed E-state index contributed by atoms with van der Waals surface area (Å²) in [5.41, 5.74) is 1.77. The van der Waals surface area contributed by atoms with E-state index in [1.807, 2.05) is 29.2 Å². The number of anilines is 1. The third-order valence-corrected chi connectivity index (χ3v) is 7.51. The minimum absolute atomic E-state index is 0.128. The van der Waals surface area contributed by atoms with Crippen LogP contribution in [-0.2, 0) is 4.79 Å². The number of benzene rings is 1. The molecule has 0 saturated carbocycles. The van der Waals surface area contributed by atoms with Gasteiger partial charge in [0.1, 0.15) is 4.88 Å². The largest absolute Gasteiger partial charge is 0.477 e. The number of nitrogens with zero attached hydrogens (tertiary/aromatic N) is 2. The fraction of sp³-hybridized carbons (Fsp3) is 0.500. The first-order valence-corrected chi connectivity index (χ1v) is 12.2. The zero-order chi connectivity index (χ0) is 21.5. The standard InChI is InChI=1S/C22H28N2O4S2/c1-2-3-4-5-18(25)15-6-8-16(9-7-15)24-17(10-11-20(24)26)12-13-29-22-23-14-19(30-22)21(27)28/h6-9,14,17-18,25H,2-5,10-13H2,1H3,(H,27,28)/t17?,18-/m1/s1. The zero-order valence-corrected chi connectivity index (χ0v) is 18.8. The van der Waals surface area contributed by atoms with Crippen molar-refractivity contribution in [1.29, 1.82) is 0 Å². The number of hydrogen-bond acceptors (Lipinski definition) is 6. The summed E-state index contributed by atoms with van der Waals surface area (Å²) < 4.78 is 0.740.